The van der Waals surface area contributed by atoms with Crippen LogP contribution in [-0.2, 0) is 0 Å². The number of thiophene rings is 1. The van der Waals surface area contributed by atoms with E-state index in [0.29, 0.717) is 18.9 Å². The van der Waals surface area contributed by atoms with E-state index in [2.05, 4.69) is 6.92 Å². The minimum atomic E-state index is 0.284. The van der Waals surface area contributed by atoms with Crippen LogP contribution in [0.4, 0.5) is 0 Å². The second kappa shape index (κ2) is 6.03. The molecule has 0 aliphatic carbocycles. The molecule has 0 spiro atoms. The molecule has 84 valence electrons. The molecule has 0 fully saturated rings. The molecule has 0 amide bonds. The lowest BCUT2D eigenvalue weighted by molar-refractivity contribution is 0.0977. The molecule has 0 radical (unpaired) electrons. The number of hydrogen-bond acceptors (Lipinski definition) is 3. The maximum absolute atomic E-state index is 11.8. The zero-order chi connectivity index (χ0) is 11.3. The number of nitrogens with two attached hydrogens (primary N) is 1. The molecule has 1 atom stereocenters. The lowest BCUT2D eigenvalue weighted by atomic mass is 9.99. The third-order valence-electron chi connectivity index (χ3n) is 2.64. The Balaban J connectivity index is 2.40. The van der Waals surface area contributed by atoms with Gasteiger partial charge in [-0.25, -0.2) is 0 Å². The van der Waals surface area contributed by atoms with Gasteiger partial charge in [-0.05, 0) is 49.2 Å². The van der Waals surface area contributed by atoms with Gasteiger partial charge in [-0.15, -0.1) is 11.3 Å². The summed E-state index contributed by atoms with van der Waals surface area (Å²) in [5.41, 5.74) is 6.58. The van der Waals surface area contributed by atoms with Crippen LogP contribution < -0.4 is 5.73 Å². The Bertz CT molecular complexity index is 319. The predicted octanol–water partition coefficient (Wildman–Crippen LogP) is 3.00. The molecule has 0 aliphatic rings. The fourth-order valence-electron chi connectivity index (χ4n) is 1.58. The van der Waals surface area contributed by atoms with Crippen molar-refractivity contribution in [2.75, 3.05) is 6.54 Å². The maximum Gasteiger partial charge on any atom is 0.173 e. The van der Waals surface area contributed by atoms with Crippen molar-refractivity contribution in [3.05, 3.63) is 21.9 Å². The molecule has 2 N–H and O–H groups in total. The highest BCUT2D eigenvalue weighted by atomic mass is 32.1. The molecule has 1 aromatic rings. The number of hydrogen-bond donors (Lipinski definition) is 1. The normalized spacial score (nSPS) is 12.7. The first kappa shape index (κ1) is 12.4. The molecule has 1 unspecified atom stereocenters. The maximum atomic E-state index is 11.8. The Morgan fingerprint density at radius 2 is 2.27 bits per heavy atom. The standard InChI is InChI=1S/C12H19NOS/c1-9(5-7-13)3-4-11(14)12-10(2)6-8-15-12/h6,8-9H,3-5,7,13H2,1-2H3. The van der Waals surface area contributed by atoms with Gasteiger partial charge < -0.3 is 5.73 Å². The summed E-state index contributed by atoms with van der Waals surface area (Å²) in [5, 5.41) is 1.98. The summed E-state index contributed by atoms with van der Waals surface area (Å²) in [5.74, 6) is 0.839. The number of Topliss-reactive ketones (excluding diaryl/α,β-unsaturated/α-hetero) is 1. The van der Waals surface area contributed by atoms with Gasteiger partial charge in [0, 0.05) is 6.42 Å². The first-order valence-corrected chi connectivity index (χ1v) is 6.30. The van der Waals surface area contributed by atoms with E-state index in [1.165, 1.54) is 0 Å². The number of ketones is 1. The SMILES string of the molecule is Cc1ccsc1C(=O)CCC(C)CCN. The lowest BCUT2D eigenvalue weighted by Gasteiger charge is -2.08. The van der Waals surface area contributed by atoms with Gasteiger partial charge in [0.25, 0.3) is 0 Å². The van der Waals surface area contributed by atoms with E-state index in [4.69, 9.17) is 5.73 Å². The van der Waals surface area contributed by atoms with Crippen LogP contribution in [0, 0.1) is 12.8 Å². The number of carbonyl (C=O) groups is 1. The summed E-state index contributed by atoms with van der Waals surface area (Å²) in [7, 11) is 0. The lowest BCUT2D eigenvalue weighted by Crippen LogP contribution is -2.08. The average Bonchev–Trinajstić information content (AvgIpc) is 2.61. The van der Waals surface area contributed by atoms with E-state index in [1.54, 1.807) is 11.3 Å². The van der Waals surface area contributed by atoms with Crippen LogP contribution in [-0.4, -0.2) is 12.3 Å². The van der Waals surface area contributed by atoms with Gasteiger partial charge in [0.1, 0.15) is 0 Å². The average molecular weight is 225 g/mol. The topological polar surface area (TPSA) is 43.1 Å². The summed E-state index contributed by atoms with van der Waals surface area (Å²) in [6, 6.07) is 2.00. The first-order chi connectivity index (χ1) is 7.15. The number of carbonyl (C=O) groups excluding carboxylic acids is 1. The van der Waals surface area contributed by atoms with E-state index < -0.39 is 0 Å². The van der Waals surface area contributed by atoms with Crippen molar-refractivity contribution in [1.29, 1.82) is 0 Å². The van der Waals surface area contributed by atoms with Crippen molar-refractivity contribution in [3.8, 4) is 0 Å². The van der Waals surface area contributed by atoms with Gasteiger partial charge in [-0.3, -0.25) is 4.79 Å². The zero-order valence-corrected chi connectivity index (χ0v) is 10.3. The fraction of sp³-hybridized carbons (Fsp3) is 0.583. The molecule has 0 bridgehead atoms. The van der Waals surface area contributed by atoms with Crippen molar-refractivity contribution >= 4 is 17.1 Å². The van der Waals surface area contributed by atoms with Crippen molar-refractivity contribution < 1.29 is 4.79 Å². The van der Waals surface area contributed by atoms with Crippen LogP contribution in [0.2, 0.25) is 0 Å². The summed E-state index contributed by atoms with van der Waals surface area (Å²) >= 11 is 1.55. The van der Waals surface area contributed by atoms with E-state index in [0.717, 1.165) is 23.3 Å². The highest BCUT2D eigenvalue weighted by molar-refractivity contribution is 7.12. The predicted molar refractivity (Wildman–Crippen MR) is 65.5 cm³/mol. The molecule has 3 heteroatoms. The molecule has 1 aromatic heterocycles. The fourth-order valence-corrected chi connectivity index (χ4v) is 2.47. The van der Waals surface area contributed by atoms with Crippen molar-refractivity contribution in [1.82, 2.24) is 0 Å². The molecule has 1 rings (SSSR count). The monoisotopic (exact) mass is 225 g/mol. The minimum Gasteiger partial charge on any atom is -0.330 e. The third-order valence-corrected chi connectivity index (χ3v) is 3.70. The van der Waals surface area contributed by atoms with Crippen molar-refractivity contribution in [3.63, 3.8) is 0 Å². The minimum absolute atomic E-state index is 0.284. The van der Waals surface area contributed by atoms with Crippen LogP contribution in [0.3, 0.4) is 0 Å². The Morgan fingerprint density at radius 1 is 1.53 bits per heavy atom. The molecule has 0 saturated heterocycles. The molecule has 0 saturated carbocycles. The van der Waals surface area contributed by atoms with Gasteiger partial charge in [0.15, 0.2) is 5.78 Å². The van der Waals surface area contributed by atoms with Crippen molar-refractivity contribution in [2.24, 2.45) is 11.7 Å². The van der Waals surface area contributed by atoms with Gasteiger partial charge >= 0.3 is 0 Å². The van der Waals surface area contributed by atoms with E-state index in [1.807, 2.05) is 18.4 Å². The largest absolute Gasteiger partial charge is 0.330 e. The quantitative estimate of drug-likeness (QED) is 0.756. The van der Waals surface area contributed by atoms with Crippen LogP contribution in [0.15, 0.2) is 11.4 Å². The van der Waals surface area contributed by atoms with Crippen LogP contribution in [0.1, 0.15) is 41.4 Å². The van der Waals surface area contributed by atoms with Gasteiger partial charge in [-0.1, -0.05) is 6.92 Å². The summed E-state index contributed by atoms with van der Waals surface area (Å²) in [6.07, 6.45) is 2.62. The van der Waals surface area contributed by atoms with Gasteiger partial charge in [-0.2, -0.15) is 0 Å². The van der Waals surface area contributed by atoms with Crippen molar-refractivity contribution in [2.45, 2.75) is 33.1 Å². The molecule has 0 aliphatic heterocycles. The molecule has 15 heavy (non-hydrogen) atoms. The van der Waals surface area contributed by atoms with Crippen LogP contribution in [0.25, 0.3) is 0 Å². The highest BCUT2D eigenvalue weighted by Crippen LogP contribution is 2.20. The first-order valence-electron chi connectivity index (χ1n) is 5.42. The number of aryl methyl sites for hydroxylation is 1. The summed E-state index contributed by atoms with van der Waals surface area (Å²) in [6.45, 7) is 4.86. The highest BCUT2D eigenvalue weighted by Gasteiger charge is 2.11. The third kappa shape index (κ3) is 3.76. The summed E-state index contributed by atoms with van der Waals surface area (Å²) < 4.78 is 0. The van der Waals surface area contributed by atoms with E-state index in [-0.39, 0.29) is 5.78 Å². The van der Waals surface area contributed by atoms with Crippen LogP contribution >= 0.6 is 11.3 Å². The second-order valence-electron chi connectivity index (χ2n) is 4.08. The summed E-state index contributed by atoms with van der Waals surface area (Å²) in [4.78, 5) is 12.7. The van der Waals surface area contributed by atoms with E-state index >= 15 is 0 Å². The Hall–Kier alpha value is -0.670. The molecule has 0 aromatic carbocycles. The molecular weight excluding hydrogens is 206 g/mol. The Kier molecular flexibility index (Phi) is 4.99. The Morgan fingerprint density at radius 3 is 2.80 bits per heavy atom. The Labute approximate surface area is 95.5 Å². The molecule has 1 heterocycles. The molecular formula is C12H19NOS. The van der Waals surface area contributed by atoms with E-state index in [9.17, 15) is 4.79 Å². The molecule has 2 nitrogen and oxygen atoms in total. The second-order valence-corrected chi connectivity index (χ2v) is 4.99. The van der Waals surface area contributed by atoms with Crippen LogP contribution in [0.5, 0.6) is 0 Å². The number of rotatable bonds is 6. The van der Waals surface area contributed by atoms with Gasteiger partial charge in [0.2, 0.25) is 0 Å². The zero-order valence-electron chi connectivity index (χ0n) is 9.45. The smallest absolute Gasteiger partial charge is 0.173 e. The van der Waals surface area contributed by atoms with Gasteiger partial charge in [0.05, 0.1) is 4.88 Å².